The number of piperazine rings is 1. The number of sulfonamides is 1. The summed E-state index contributed by atoms with van der Waals surface area (Å²) >= 11 is 0.638. The summed E-state index contributed by atoms with van der Waals surface area (Å²) < 4.78 is 64.1. The van der Waals surface area contributed by atoms with Gasteiger partial charge in [-0.1, -0.05) is 0 Å². The Morgan fingerprint density at radius 1 is 1.18 bits per heavy atom. The van der Waals surface area contributed by atoms with Crippen LogP contribution in [0.3, 0.4) is 0 Å². The monoisotopic (exact) mass is 436 g/mol. The predicted molar refractivity (Wildman–Crippen MR) is 91.3 cm³/mol. The van der Waals surface area contributed by atoms with Gasteiger partial charge in [0.2, 0.25) is 15.9 Å². The molecule has 1 aliphatic heterocycles. The maximum Gasteiger partial charge on any atom is 0.434 e. The molecular weight excluding hydrogens is 425 g/mol. The van der Waals surface area contributed by atoms with Gasteiger partial charge in [-0.2, -0.15) is 17.5 Å². The number of non-ortho nitro benzene ring substituents is 1. The highest BCUT2D eigenvalue weighted by atomic mass is 32.2. The topological polar surface area (TPSA) is 114 Å². The van der Waals surface area contributed by atoms with E-state index in [0.717, 1.165) is 38.9 Å². The van der Waals surface area contributed by atoms with E-state index < -0.39 is 39.3 Å². The first kappa shape index (κ1) is 20.2. The summed E-state index contributed by atoms with van der Waals surface area (Å²) in [6, 6.07) is 4.17. The van der Waals surface area contributed by atoms with Crippen molar-refractivity contribution < 1.29 is 31.3 Å². The van der Waals surface area contributed by atoms with E-state index in [1.54, 1.807) is 0 Å². The SMILES string of the molecule is O=C1CN(S(=O)(=O)c2ccc([N+](=O)[O-])cc2)CCN1c1nc(C(F)(F)F)cs1. The van der Waals surface area contributed by atoms with Crippen molar-refractivity contribution in [2.75, 3.05) is 24.5 Å². The zero-order valence-corrected chi connectivity index (χ0v) is 15.4. The van der Waals surface area contributed by atoms with Crippen molar-refractivity contribution in [3.63, 3.8) is 0 Å². The lowest BCUT2D eigenvalue weighted by atomic mass is 10.3. The first-order valence-corrected chi connectivity index (χ1v) is 9.90. The van der Waals surface area contributed by atoms with E-state index >= 15 is 0 Å². The van der Waals surface area contributed by atoms with E-state index in [4.69, 9.17) is 0 Å². The van der Waals surface area contributed by atoms with Gasteiger partial charge in [-0.25, -0.2) is 13.4 Å². The second-order valence-corrected chi connectivity index (χ2v) is 8.42. The molecule has 1 aliphatic rings. The molecule has 2 heterocycles. The fourth-order valence-corrected chi connectivity index (χ4v) is 4.72. The largest absolute Gasteiger partial charge is 0.434 e. The van der Waals surface area contributed by atoms with E-state index in [2.05, 4.69) is 4.98 Å². The zero-order valence-electron chi connectivity index (χ0n) is 13.8. The minimum atomic E-state index is -4.64. The second kappa shape index (κ2) is 7.10. The Hall–Kier alpha value is -2.58. The van der Waals surface area contributed by atoms with E-state index in [-0.39, 0.29) is 28.8 Å². The van der Waals surface area contributed by atoms with Crippen LogP contribution in [0.5, 0.6) is 0 Å². The van der Waals surface area contributed by atoms with Crippen LogP contribution in [0.15, 0.2) is 34.5 Å². The highest BCUT2D eigenvalue weighted by Gasteiger charge is 2.37. The van der Waals surface area contributed by atoms with Gasteiger partial charge in [-0.05, 0) is 12.1 Å². The third kappa shape index (κ3) is 3.83. The number of nitro groups is 1. The molecule has 9 nitrogen and oxygen atoms in total. The molecule has 2 aromatic rings. The molecule has 1 saturated heterocycles. The van der Waals surface area contributed by atoms with Crippen molar-refractivity contribution in [2.45, 2.75) is 11.1 Å². The third-order valence-corrected chi connectivity index (χ3v) is 6.61. The van der Waals surface area contributed by atoms with Crippen molar-refractivity contribution in [3.05, 3.63) is 45.5 Å². The number of benzene rings is 1. The Labute approximate surface area is 160 Å². The number of hydrogen-bond acceptors (Lipinski definition) is 7. The first-order valence-electron chi connectivity index (χ1n) is 7.58. The Morgan fingerprint density at radius 3 is 2.32 bits per heavy atom. The van der Waals surface area contributed by atoms with Gasteiger partial charge in [-0.15, -0.1) is 11.3 Å². The molecule has 0 atom stereocenters. The minimum absolute atomic E-state index is 0.161. The fourth-order valence-electron chi connectivity index (χ4n) is 2.47. The average molecular weight is 436 g/mol. The number of rotatable bonds is 4. The number of nitrogens with zero attached hydrogens (tertiary/aromatic N) is 4. The maximum absolute atomic E-state index is 12.7. The van der Waals surface area contributed by atoms with Crippen molar-refractivity contribution in [3.8, 4) is 0 Å². The lowest BCUT2D eigenvalue weighted by Crippen LogP contribution is -2.52. The molecule has 14 heteroatoms. The summed E-state index contributed by atoms with van der Waals surface area (Å²) in [5, 5.41) is 11.3. The number of alkyl halides is 3. The molecule has 0 N–H and O–H groups in total. The van der Waals surface area contributed by atoms with Gasteiger partial charge < -0.3 is 0 Å². The maximum atomic E-state index is 12.7. The first-order chi connectivity index (χ1) is 13.0. The summed E-state index contributed by atoms with van der Waals surface area (Å²) in [5.41, 5.74) is -1.41. The molecule has 150 valence electrons. The van der Waals surface area contributed by atoms with Gasteiger partial charge in [0, 0.05) is 30.6 Å². The molecule has 0 bridgehead atoms. The van der Waals surface area contributed by atoms with Crippen LogP contribution >= 0.6 is 11.3 Å². The third-order valence-electron chi connectivity index (χ3n) is 3.88. The van der Waals surface area contributed by atoms with Crippen molar-refractivity contribution in [1.82, 2.24) is 9.29 Å². The number of thiazole rings is 1. The fraction of sp³-hybridized carbons (Fsp3) is 0.286. The van der Waals surface area contributed by atoms with Gasteiger partial charge in [-0.3, -0.25) is 19.8 Å². The van der Waals surface area contributed by atoms with Gasteiger partial charge in [0.25, 0.3) is 5.69 Å². The molecule has 0 spiro atoms. The van der Waals surface area contributed by atoms with Crippen molar-refractivity contribution >= 4 is 38.1 Å². The summed E-state index contributed by atoms with van der Waals surface area (Å²) in [6.45, 7) is -0.915. The minimum Gasteiger partial charge on any atom is -0.286 e. The molecule has 0 aliphatic carbocycles. The van der Waals surface area contributed by atoms with Crippen LogP contribution < -0.4 is 4.90 Å². The number of hydrogen-bond donors (Lipinski definition) is 0. The van der Waals surface area contributed by atoms with Crippen LogP contribution in [-0.4, -0.2) is 48.2 Å². The molecule has 3 rings (SSSR count). The smallest absolute Gasteiger partial charge is 0.286 e. The lowest BCUT2D eigenvalue weighted by Gasteiger charge is -2.32. The Balaban J connectivity index is 1.76. The van der Waals surface area contributed by atoms with E-state index in [1.807, 2.05) is 0 Å². The normalized spacial score (nSPS) is 16.4. The number of aromatic nitrogens is 1. The summed E-state index contributed by atoms with van der Waals surface area (Å²) in [5.74, 6) is -0.722. The van der Waals surface area contributed by atoms with Crippen LogP contribution in [0.4, 0.5) is 24.0 Å². The highest BCUT2D eigenvalue weighted by molar-refractivity contribution is 7.89. The molecule has 0 unspecified atom stereocenters. The van der Waals surface area contributed by atoms with Gasteiger partial charge in [0.05, 0.1) is 16.4 Å². The van der Waals surface area contributed by atoms with E-state index in [9.17, 15) is 36.5 Å². The molecule has 0 saturated carbocycles. The average Bonchev–Trinajstić information content (AvgIpc) is 3.12. The quantitative estimate of drug-likeness (QED) is 0.536. The summed E-state index contributed by atoms with van der Waals surface area (Å²) in [6.07, 6.45) is -4.64. The summed E-state index contributed by atoms with van der Waals surface area (Å²) in [7, 11) is -4.09. The number of halogens is 3. The van der Waals surface area contributed by atoms with Crippen LogP contribution in [0.2, 0.25) is 0 Å². The van der Waals surface area contributed by atoms with Crippen LogP contribution in [0.25, 0.3) is 0 Å². The Bertz CT molecular complexity index is 1020. The molecule has 1 aromatic carbocycles. The second-order valence-electron chi connectivity index (χ2n) is 5.65. The standard InChI is InChI=1S/C14H11F3N4O5S2/c15-14(16,17)11-8-27-13(18-11)20-6-5-19(7-12(20)22)28(25,26)10-3-1-9(2-4-10)21(23)24/h1-4,8H,5-7H2. The molecule has 1 amide bonds. The van der Waals surface area contributed by atoms with E-state index in [0.29, 0.717) is 11.3 Å². The predicted octanol–water partition coefficient (Wildman–Crippen LogP) is 2.11. The van der Waals surface area contributed by atoms with Crippen LogP contribution in [0, 0.1) is 10.1 Å². The van der Waals surface area contributed by atoms with E-state index in [1.165, 1.54) is 0 Å². The van der Waals surface area contributed by atoms with Gasteiger partial charge >= 0.3 is 6.18 Å². The molecule has 28 heavy (non-hydrogen) atoms. The zero-order chi connectivity index (χ0) is 20.7. The van der Waals surface area contributed by atoms with Crippen LogP contribution in [-0.2, 0) is 21.0 Å². The van der Waals surface area contributed by atoms with Gasteiger partial charge in [0.1, 0.15) is 0 Å². The molecule has 1 aromatic heterocycles. The Kier molecular flexibility index (Phi) is 5.12. The molecular formula is C14H11F3N4O5S2. The molecule has 1 fully saturated rings. The highest BCUT2D eigenvalue weighted by Crippen LogP contribution is 2.33. The Morgan fingerprint density at radius 2 is 1.82 bits per heavy atom. The van der Waals surface area contributed by atoms with Gasteiger partial charge in [0.15, 0.2) is 10.8 Å². The lowest BCUT2D eigenvalue weighted by molar-refractivity contribution is -0.384. The number of carbonyl (C=O) groups excluding carboxylic acids is 1. The molecule has 0 radical (unpaired) electrons. The number of nitro benzene ring substituents is 1. The number of anilines is 1. The van der Waals surface area contributed by atoms with Crippen molar-refractivity contribution in [2.24, 2.45) is 0 Å². The van der Waals surface area contributed by atoms with Crippen LogP contribution in [0.1, 0.15) is 5.69 Å². The van der Waals surface area contributed by atoms with Crippen molar-refractivity contribution in [1.29, 1.82) is 0 Å². The number of amides is 1. The number of carbonyl (C=O) groups is 1. The summed E-state index contributed by atoms with van der Waals surface area (Å²) in [4.78, 5) is 26.5.